The first-order valence-corrected chi connectivity index (χ1v) is 7.75. The zero-order valence-electron chi connectivity index (χ0n) is 13.2. The number of aromatic nitrogens is 1. The van der Waals surface area contributed by atoms with E-state index in [2.05, 4.69) is 14.8 Å². The second kappa shape index (κ2) is 6.64. The fourth-order valence-electron chi connectivity index (χ4n) is 2.80. The van der Waals surface area contributed by atoms with Gasteiger partial charge in [-0.2, -0.15) is 0 Å². The van der Waals surface area contributed by atoms with Crippen molar-refractivity contribution >= 4 is 0 Å². The largest absolute Gasteiger partial charge is 0.459 e. The lowest BCUT2D eigenvalue weighted by atomic mass is 10.2. The first-order chi connectivity index (χ1) is 10.6. The van der Waals surface area contributed by atoms with Crippen LogP contribution in [0.2, 0.25) is 0 Å². The topological polar surface area (TPSA) is 65.9 Å². The second-order valence-electron chi connectivity index (χ2n) is 5.92. The second-order valence-corrected chi connectivity index (χ2v) is 5.92. The van der Waals surface area contributed by atoms with Gasteiger partial charge in [-0.05, 0) is 26.0 Å². The van der Waals surface area contributed by atoms with Crippen molar-refractivity contribution in [2.75, 3.05) is 32.7 Å². The average Bonchev–Trinajstić information content (AvgIpc) is 3.11. The van der Waals surface area contributed by atoms with Crippen molar-refractivity contribution in [3.63, 3.8) is 0 Å². The number of furan rings is 1. The Morgan fingerprint density at radius 3 is 2.64 bits per heavy atom. The molecular formula is C16H23N3O3. The molecule has 0 saturated carbocycles. The molecule has 0 amide bonds. The molecule has 1 aliphatic heterocycles. The molecule has 2 aromatic heterocycles. The molecule has 1 atom stereocenters. The zero-order valence-corrected chi connectivity index (χ0v) is 13.2. The molecule has 6 nitrogen and oxygen atoms in total. The van der Waals surface area contributed by atoms with Crippen LogP contribution in [0.25, 0.3) is 11.7 Å². The highest BCUT2D eigenvalue weighted by atomic mass is 16.4. The monoisotopic (exact) mass is 305 g/mol. The van der Waals surface area contributed by atoms with Gasteiger partial charge in [0.05, 0.1) is 18.1 Å². The maximum atomic E-state index is 9.45. The highest BCUT2D eigenvalue weighted by molar-refractivity contribution is 5.44. The molecular weight excluding hydrogens is 282 g/mol. The molecule has 2 aromatic rings. The highest BCUT2D eigenvalue weighted by Gasteiger charge is 2.21. The van der Waals surface area contributed by atoms with Crippen molar-refractivity contribution in [3.8, 4) is 11.7 Å². The number of β-amino-alcohol motifs (C(OH)–C–C–N with tert-alkyl or cyclic N) is 1. The number of hydrogen-bond donors (Lipinski definition) is 1. The van der Waals surface area contributed by atoms with E-state index in [4.69, 9.17) is 8.83 Å². The number of nitrogens with zero attached hydrogens (tertiary/aromatic N) is 3. The molecule has 1 unspecified atom stereocenters. The number of aryl methyl sites for hydroxylation is 1. The third-order valence-corrected chi connectivity index (χ3v) is 3.99. The minimum Gasteiger partial charge on any atom is -0.459 e. The number of oxazole rings is 1. The SMILES string of the molecule is Cc1oc(-c2ccco2)nc1CN1CCN(CC(C)O)CC1. The van der Waals surface area contributed by atoms with Crippen LogP contribution in [0.1, 0.15) is 18.4 Å². The predicted octanol–water partition coefficient (Wildman–Crippen LogP) is 1.74. The molecule has 22 heavy (non-hydrogen) atoms. The third-order valence-electron chi connectivity index (χ3n) is 3.99. The summed E-state index contributed by atoms with van der Waals surface area (Å²) in [4.78, 5) is 9.23. The Hall–Kier alpha value is -1.63. The van der Waals surface area contributed by atoms with Gasteiger partial charge in [-0.25, -0.2) is 4.98 Å². The molecule has 1 fully saturated rings. The normalized spacial score (nSPS) is 18.7. The third kappa shape index (κ3) is 3.58. The maximum Gasteiger partial charge on any atom is 0.263 e. The summed E-state index contributed by atoms with van der Waals surface area (Å²) in [5, 5.41) is 9.45. The zero-order chi connectivity index (χ0) is 15.5. The minimum absolute atomic E-state index is 0.264. The van der Waals surface area contributed by atoms with Crippen LogP contribution in [-0.4, -0.2) is 58.7 Å². The molecule has 0 bridgehead atoms. The van der Waals surface area contributed by atoms with Crippen molar-refractivity contribution in [2.24, 2.45) is 0 Å². The van der Waals surface area contributed by atoms with Gasteiger partial charge in [0.2, 0.25) is 0 Å². The van der Waals surface area contributed by atoms with E-state index in [1.54, 1.807) is 6.26 Å². The molecule has 3 rings (SSSR count). The van der Waals surface area contributed by atoms with Gasteiger partial charge in [0, 0.05) is 39.3 Å². The standard InChI is InChI=1S/C16H23N3O3/c1-12(20)10-18-5-7-19(8-6-18)11-14-13(2)22-16(17-14)15-4-3-9-21-15/h3-4,9,12,20H,5-8,10-11H2,1-2H3. The Labute approximate surface area is 130 Å². The summed E-state index contributed by atoms with van der Waals surface area (Å²) in [5.74, 6) is 2.05. The lowest BCUT2D eigenvalue weighted by Gasteiger charge is -2.34. The van der Waals surface area contributed by atoms with Crippen LogP contribution in [0.5, 0.6) is 0 Å². The molecule has 0 aromatic carbocycles. The van der Waals surface area contributed by atoms with Gasteiger partial charge in [-0.1, -0.05) is 0 Å². The summed E-state index contributed by atoms with van der Waals surface area (Å²) < 4.78 is 11.0. The van der Waals surface area contributed by atoms with E-state index in [0.29, 0.717) is 11.7 Å². The van der Waals surface area contributed by atoms with Gasteiger partial charge in [0.15, 0.2) is 5.76 Å². The highest BCUT2D eigenvalue weighted by Crippen LogP contribution is 2.23. The molecule has 120 valence electrons. The summed E-state index contributed by atoms with van der Waals surface area (Å²) in [6.07, 6.45) is 1.36. The van der Waals surface area contributed by atoms with E-state index in [1.165, 1.54) is 0 Å². The van der Waals surface area contributed by atoms with E-state index in [9.17, 15) is 5.11 Å². The lowest BCUT2D eigenvalue weighted by Crippen LogP contribution is -2.47. The summed E-state index contributed by atoms with van der Waals surface area (Å²) in [6.45, 7) is 9.24. The van der Waals surface area contributed by atoms with Gasteiger partial charge in [-0.3, -0.25) is 9.80 Å². The molecule has 1 aliphatic rings. The molecule has 1 saturated heterocycles. The maximum absolute atomic E-state index is 9.45. The molecule has 1 N–H and O–H groups in total. The Balaban J connectivity index is 1.58. The van der Waals surface area contributed by atoms with E-state index in [0.717, 1.165) is 50.7 Å². The van der Waals surface area contributed by atoms with Crippen LogP contribution in [0.3, 0.4) is 0 Å². The van der Waals surface area contributed by atoms with E-state index in [1.807, 2.05) is 26.0 Å². The fourth-order valence-corrected chi connectivity index (χ4v) is 2.80. The lowest BCUT2D eigenvalue weighted by molar-refractivity contribution is 0.0775. The van der Waals surface area contributed by atoms with Gasteiger partial charge < -0.3 is 13.9 Å². The van der Waals surface area contributed by atoms with Crippen LogP contribution < -0.4 is 0 Å². The number of aliphatic hydroxyl groups is 1. The van der Waals surface area contributed by atoms with Crippen LogP contribution in [-0.2, 0) is 6.54 Å². The van der Waals surface area contributed by atoms with Gasteiger partial charge in [0.1, 0.15) is 5.76 Å². The number of aliphatic hydroxyl groups excluding tert-OH is 1. The van der Waals surface area contributed by atoms with Crippen LogP contribution in [0.4, 0.5) is 0 Å². The van der Waals surface area contributed by atoms with Crippen LogP contribution in [0, 0.1) is 6.92 Å². The van der Waals surface area contributed by atoms with E-state index < -0.39 is 0 Å². The summed E-state index contributed by atoms with van der Waals surface area (Å²) in [5.41, 5.74) is 0.968. The molecule has 6 heteroatoms. The van der Waals surface area contributed by atoms with Crippen molar-refractivity contribution in [1.29, 1.82) is 0 Å². The van der Waals surface area contributed by atoms with E-state index in [-0.39, 0.29) is 6.10 Å². The van der Waals surface area contributed by atoms with Crippen LogP contribution >= 0.6 is 0 Å². The Morgan fingerprint density at radius 1 is 1.27 bits per heavy atom. The smallest absolute Gasteiger partial charge is 0.263 e. The number of rotatable bonds is 5. The van der Waals surface area contributed by atoms with Crippen LogP contribution in [0.15, 0.2) is 27.2 Å². The van der Waals surface area contributed by atoms with Gasteiger partial charge in [0.25, 0.3) is 5.89 Å². The van der Waals surface area contributed by atoms with Gasteiger partial charge in [-0.15, -0.1) is 0 Å². The average molecular weight is 305 g/mol. The Bertz CT molecular complexity index is 584. The van der Waals surface area contributed by atoms with Crippen molar-refractivity contribution in [1.82, 2.24) is 14.8 Å². The van der Waals surface area contributed by atoms with Crippen molar-refractivity contribution in [3.05, 3.63) is 29.9 Å². The summed E-state index contributed by atoms with van der Waals surface area (Å²) >= 11 is 0. The first-order valence-electron chi connectivity index (χ1n) is 7.75. The molecule has 0 spiro atoms. The summed E-state index contributed by atoms with van der Waals surface area (Å²) in [6, 6.07) is 3.68. The number of hydrogen-bond acceptors (Lipinski definition) is 6. The summed E-state index contributed by atoms with van der Waals surface area (Å²) in [7, 11) is 0. The quantitative estimate of drug-likeness (QED) is 0.908. The molecule has 3 heterocycles. The Morgan fingerprint density at radius 2 is 2.00 bits per heavy atom. The number of piperazine rings is 1. The van der Waals surface area contributed by atoms with Crippen molar-refractivity contribution < 1.29 is 13.9 Å². The first kappa shape index (κ1) is 15.3. The molecule has 0 radical (unpaired) electrons. The fraction of sp³-hybridized carbons (Fsp3) is 0.562. The van der Waals surface area contributed by atoms with Gasteiger partial charge >= 0.3 is 0 Å². The minimum atomic E-state index is -0.264. The molecule has 0 aliphatic carbocycles. The van der Waals surface area contributed by atoms with E-state index >= 15 is 0 Å². The van der Waals surface area contributed by atoms with Crippen molar-refractivity contribution in [2.45, 2.75) is 26.5 Å². The Kier molecular flexibility index (Phi) is 4.61. The predicted molar refractivity (Wildman–Crippen MR) is 82.3 cm³/mol.